The molecule has 0 aliphatic heterocycles. The third-order valence-corrected chi connectivity index (χ3v) is 1.34. The van der Waals surface area contributed by atoms with Crippen LogP contribution in [0.3, 0.4) is 0 Å². The monoisotopic (exact) mass is 188 g/mol. The first-order chi connectivity index (χ1) is 3.81. The smallest absolute Gasteiger partial charge is 0.0305 e. The number of hydrogen-bond donors (Lipinski definition) is 0. The Bertz CT molecular complexity index is 95.2. The first-order valence-electron chi connectivity index (χ1n) is 3.37. The van der Waals surface area contributed by atoms with E-state index in [1.165, 1.54) is 6.92 Å². The molecule has 0 fully saturated rings. The van der Waals surface area contributed by atoms with Gasteiger partial charge in [0.2, 0.25) is 0 Å². The summed E-state index contributed by atoms with van der Waals surface area (Å²) in [6.45, 7) is -0.722. The van der Waals surface area contributed by atoms with Crippen molar-refractivity contribution in [3.63, 3.8) is 0 Å². The first kappa shape index (κ1) is 1.68. The lowest BCUT2D eigenvalue weighted by Gasteiger charge is -1.88. The maximum absolute atomic E-state index is 7.26. The minimum absolute atomic E-state index is 0.335. The summed E-state index contributed by atoms with van der Waals surface area (Å²) in [6.07, 6.45) is 0. The molecule has 1 atom stereocenters. The fourth-order valence-corrected chi connectivity index (χ4v) is 0. The molecule has 0 saturated carbocycles. The third kappa shape index (κ3) is 4.73. The van der Waals surface area contributed by atoms with Crippen LogP contribution in [-0.2, 0) is 0 Å². The van der Waals surface area contributed by atoms with Gasteiger partial charge in [0.1, 0.15) is 0 Å². The van der Waals surface area contributed by atoms with Gasteiger partial charge in [0.05, 0.1) is 0 Å². The summed E-state index contributed by atoms with van der Waals surface area (Å²) in [5.41, 5.74) is 0. The summed E-state index contributed by atoms with van der Waals surface area (Å²) < 4.78 is 28.2. The Kier molecular flexibility index (Phi) is 0.990. The van der Waals surface area contributed by atoms with E-state index >= 15 is 0 Å². The largest absolute Gasteiger partial charge is 0.0861 e. The van der Waals surface area contributed by atoms with Crippen molar-refractivity contribution >= 4 is 22.6 Å². The summed E-state index contributed by atoms with van der Waals surface area (Å²) in [4.78, 5) is 0. The predicted octanol–water partition coefficient (Wildman–Crippen LogP) is 2.08. The zero-order valence-electron chi connectivity index (χ0n) is 7.09. The van der Waals surface area contributed by atoms with Crippen molar-refractivity contribution in [3.05, 3.63) is 0 Å². The van der Waals surface area contributed by atoms with E-state index in [1.807, 2.05) is 22.6 Å². The summed E-state index contributed by atoms with van der Waals surface area (Å²) in [5, 5.41) is 0. The first-order valence-corrected chi connectivity index (χ1v) is 2.90. The molecule has 0 saturated heterocycles. The van der Waals surface area contributed by atoms with Crippen molar-refractivity contribution in [2.45, 2.75) is 13.8 Å². The average molecular weight is 188 g/mol. The van der Waals surface area contributed by atoms with E-state index in [0.717, 1.165) is 0 Å². The highest BCUT2D eigenvalue weighted by Crippen LogP contribution is 1.95. The van der Waals surface area contributed by atoms with Gasteiger partial charge in [-0.2, -0.15) is 0 Å². The molecule has 0 spiro atoms. The van der Waals surface area contributed by atoms with Gasteiger partial charge in [0.25, 0.3) is 0 Å². The molecule has 0 N–H and O–H groups in total. The molecule has 0 aromatic rings. The molecule has 0 radical (unpaired) electrons. The number of alkyl halides is 1. The lowest BCUT2D eigenvalue weighted by molar-refractivity contribution is 0.763. The topological polar surface area (TPSA) is 0 Å². The molecule has 0 bridgehead atoms. The van der Waals surface area contributed by atoms with Gasteiger partial charge in [-0.25, -0.2) is 0 Å². The second-order valence-electron chi connectivity index (χ2n) is 0.914. The Morgan fingerprint density at radius 3 is 3.00 bits per heavy atom. The minimum Gasteiger partial charge on any atom is -0.0861 e. The van der Waals surface area contributed by atoms with Crippen LogP contribution in [-0.4, -0.2) is 4.43 Å². The van der Waals surface area contributed by atoms with Crippen molar-refractivity contribution in [1.82, 2.24) is 0 Å². The molecule has 0 aliphatic rings. The number of rotatable bonds is 1. The second kappa shape index (κ2) is 2.94. The van der Waals surface area contributed by atoms with Gasteiger partial charge in [-0.3, -0.25) is 0 Å². The van der Waals surface area contributed by atoms with E-state index in [9.17, 15) is 0 Å². The minimum atomic E-state index is -2.14. The van der Waals surface area contributed by atoms with Crippen LogP contribution in [0.15, 0.2) is 0 Å². The second-order valence-corrected chi connectivity index (χ2v) is 1.68. The van der Waals surface area contributed by atoms with Crippen molar-refractivity contribution in [1.29, 1.82) is 0 Å². The zero-order valence-corrected chi connectivity index (χ0v) is 5.24. The Hall–Kier alpha value is 0.730. The van der Waals surface area contributed by atoms with E-state index in [-0.39, 0.29) is 0 Å². The van der Waals surface area contributed by atoms with Crippen LogP contribution in [0.2, 0.25) is 0 Å². The lowest BCUT2D eigenvalue weighted by atomic mass is 10.3. The highest BCUT2D eigenvalue weighted by molar-refractivity contribution is 14.1. The van der Waals surface area contributed by atoms with Crippen LogP contribution in [0, 0.1) is 5.89 Å². The summed E-state index contributed by atoms with van der Waals surface area (Å²) in [7, 11) is 0. The van der Waals surface area contributed by atoms with E-state index in [1.54, 1.807) is 0 Å². The molecular weight excluding hydrogens is 175 g/mol. The van der Waals surface area contributed by atoms with Crippen molar-refractivity contribution in [3.8, 4) is 0 Å². The fraction of sp³-hybridized carbons (Fsp3) is 1.00. The van der Waals surface area contributed by atoms with Crippen LogP contribution >= 0.6 is 22.6 Å². The van der Waals surface area contributed by atoms with Gasteiger partial charge < -0.3 is 0 Å². The summed E-state index contributed by atoms with van der Waals surface area (Å²) >= 11 is 1.91. The van der Waals surface area contributed by atoms with Gasteiger partial charge in [0, 0.05) is 9.91 Å². The molecule has 0 aliphatic carbocycles. The quantitative estimate of drug-likeness (QED) is 0.436. The zero-order chi connectivity index (χ0) is 7.71. The van der Waals surface area contributed by atoms with Gasteiger partial charge in [-0.05, 0) is 5.89 Å². The molecule has 5 heavy (non-hydrogen) atoms. The maximum Gasteiger partial charge on any atom is 0.0305 e. The Morgan fingerprint density at radius 2 is 3.00 bits per heavy atom. The summed E-state index contributed by atoms with van der Waals surface area (Å²) in [5.74, 6) is -1.28. The molecule has 1 unspecified atom stereocenters. The van der Waals surface area contributed by atoms with Crippen molar-refractivity contribution in [2.75, 3.05) is 4.43 Å². The summed E-state index contributed by atoms with van der Waals surface area (Å²) in [6, 6.07) is 0. The molecule has 0 aromatic heterocycles. The van der Waals surface area contributed by atoms with Crippen LogP contribution < -0.4 is 0 Å². The highest BCUT2D eigenvalue weighted by Gasteiger charge is 1.81. The fourth-order valence-electron chi connectivity index (χ4n) is 0. The van der Waals surface area contributed by atoms with Gasteiger partial charge in [0.15, 0.2) is 0 Å². The molecule has 0 amide bonds. The predicted molar refractivity (Wildman–Crippen MR) is 33.7 cm³/mol. The van der Waals surface area contributed by atoms with Gasteiger partial charge in [-0.1, -0.05) is 36.4 Å². The molecule has 0 nitrogen and oxygen atoms in total. The molecule has 0 aromatic carbocycles. The average Bonchev–Trinajstić information content (AvgIpc) is 1.64. The molecule has 0 rings (SSSR count). The van der Waals surface area contributed by atoms with Crippen molar-refractivity contribution < 1.29 is 5.48 Å². The molecule has 1 heteroatoms. The van der Waals surface area contributed by atoms with E-state index < -0.39 is 12.7 Å². The van der Waals surface area contributed by atoms with E-state index in [4.69, 9.17) is 5.48 Å². The molecular formula is C4H9I. The normalized spacial score (nSPS) is 35.6. The Labute approximate surface area is 52.7 Å². The van der Waals surface area contributed by atoms with Crippen LogP contribution in [0.4, 0.5) is 0 Å². The highest BCUT2D eigenvalue weighted by atomic mass is 127. The Balaban J connectivity index is 4.14. The molecule has 32 valence electrons. The van der Waals surface area contributed by atoms with Crippen LogP contribution in [0.1, 0.15) is 19.3 Å². The molecule has 0 heterocycles. The lowest BCUT2D eigenvalue weighted by Crippen LogP contribution is -1.82. The SMILES string of the molecule is [2H]C([2H])([2H])C([2H])(C)CI. The standard InChI is InChI=1S/C4H9I/c1-4(2)3-5/h4H,3H2,1-2H3/i1D3,4D. The van der Waals surface area contributed by atoms with E-state index in [0.29, 0.717) is 4.43 Å². The van der Waals surface area contributed by atoms with Crippen molar-refractivity contribution in [2.24, 2.45) is 5.89 Å². The Morgan fingerprint density at radius 1 is 2.40 bits per heavy atom. The van der Waals surface area contributed by atoms with E-state index in [2.05, 4.69) is 0 Å². The van der Waals surface area contributed by atoms with Gasteiger partial charge in [-0.15, -0.1) is 0 Å². The van der Waals surface area contributed by atoms with Crippen LogP contribution in [0.5, 0.6) is 0 Å². The van der Waals surface area contributed by atoms with Gasteiger partial charge >= 0.3 is 0 Å². The van der Waals surface area contributed by atoms with Crippen LogP contribution in [0.25, 0.3) is 0 Å². The maximum atomic E-state index is 7.26. The number of hydrogen-bond acceptors (Lipinski definition) is 0. The third-order valence-electron chi connectivity index (χ3n) is 0.200. The number of halogens is 1.